The molecule has 1 N–H and O–H groups in total. The molecular weight excluding hydrogens is 452 g/mol. The first-order chi connectivity index (χ1) is 17.6. The molecule has 182 valence electrons. The highest BCUT2D eigenvalue weighted by molar-refractivity contribution is 6.12. The molecular formula is C29H28N4O3. The van der Waals surface area contributed by atoms with E-state index in [1.807, 2.05) is 84.9 Å². The Morgan fingerprint density at radius 2 is 1.72 bits per heavy atom. The third-order valence-electron chi connectivity index (χ3n) is 7.38. The number of hydrogen-bond donors (Lipinski definition) is 1. The number of ether oxygens (including phenoxy) is 1. The van der Waals surface area contributed by atoms with Crippen molar-refractivity contribution in [1.82, 2.24) is 15.0 Å². The van der Waals surface area contributed by atoms with E-state index in [0.29, 0.717) is 18.7 Å². The lowest BCUT2D eigenvalue weighted by Crippen LogP contribution is -2.42. The number of hydrogen-bond acceptors (Lipinski definition) is 5. The standard InChI is InChI=1S/C29H28N4O3/c1-20-18-23(16-17-32-19-25(30-31-32)27(34)21-10-4-2-5-11-21)36-29(20)24-14-8-9-15-26(24)33(28(29)35)22-12-6-3-7-13-22/h2-15,19-20,23,27,34H,16-18H2,1H3/t20-,23+,27+,29+/m0/s1. The number of fused-ring (bicyclic) bond motifs is 2. The average molecular weight is 481 g/mol. The van der Waals surface area contributed by atoms with Crippen LogP contribution in [0.4, 0.5) is 11.4 Å². The third kappa shape index (κ3) is 3.63. The Bertz CT molecular complexity index is 1370. The van der Waals surface area contributed by atoms with Crippen molar-refractivity contribution in [3.63, 3.8) is 0 Å². The van der Waals surface area contributed by atoms with Crippen LogP contribution >= 0.6 is 0 Å². The lowest BCUT2D eigenvalue weighted by Gasteiger charge is -2.28. The highest BCUT2D eigenvalue weighted by Gasteiger charge is 2.60. The molecule has 3 aromatic carbocycles. The quantitative estimate of drug-likeness (QED) is 0.431. The number of amides is 1. The fourth-order valence-electron chi connectivity index (χ4n) is 5.59. The molecule has 0 aliphatic carbocycles. The minimum absolute atomic E-state index is 0.0241. The molecule has 0 unspecified atom stereocenters. The summed E-state index contributed by atoms with van der Waals surface area (Å²) in [5.74, 6) is -0.00463. The molecule has 7 heteroatoms. The normalized spacial score (nSPS) is 23.8. The Kier molecular flexibility index (Phi) is 5.66. The van der Waals surface area contributed by atoms with Crippen LogP contribution in [0.3, 0.4) is 0 Å². The Morgan fingerprint density at radius 1 is 1.03 bits per heavy atom. The van der Waals surface area contributed by atoms with Gasteiger partial charge in [-0.15, -0.1) is 5.10 Å². The van der Waals surface area contributed by atoms with Gasteiger partial charge in [-0.2, -0.15) is 0 Å². The summed E-state index contributed by atoms with van der Waals surface area (Å²) in [6.45, 7) is 2.69. The van der Waals surface area contributed by atoms with Gasteiger partial charge in [0.05, 0.1) is 18.0 Å². The van der Waals surface area contributed by atoms with Crippen molar-refractivity contribution < 1.29 is 14.6 Å². The number of benzene rings is 3. The van der Waals surface area contributed by atoms with Crippen molar-refractivity contribution in [2.24, 2.45) is 5.92 Å². The molecule has 4 atom stereocenters. The predicted octanol–water partition coefficient (Wildman–Crippen LogP) is 4.75. The monoisotopic (exact) mass is 480 g/mol. The average Bonchev–Trinajstić information content (AvgIpc) is 3.59. The van der Waals surface area contributed by atoms with E-state index in [9.17, 15) is 9.90 Å². The predicted molar refractivity (Wildman–Crippen MR) is 136 cm³/mol. The van der Waals surface area contributed by atoms with Crippen molar-refractivity contribution in [3.8, 4) is 0 Å². The number of anilines is 2. The van der Waals surface area contributed by atoms with Crippen molar-refractivity contribution in [3.05, 3.63) is 108 Å². The largest absolute Gasteiger partial charge is 0.382 e. The molecule has 1 spiro atoms. The topological polar surface area (TPSA) is 80.5 Å². The van der Waals surface area contributed by atoms with E-state index in [1.165, 1.54) is 0 Å². The molecule has 3 heterocycles. The maximum absolute atomic E-state index is 14.0. The molecule has 1 aromatic heterocycles. The van der Waals surface area contributed by atoms with E-state index in [0.717, 1.165) is 28.9 Å². The van der Waals surface area contributed by atoms with Crippen LogP contribution in [-0.2, 0) is 21.7 Å². The van der Waals surface area contributed by atoms with Crippen LogP contribution in [0.25, 0.3) is 0 Å². The van der Waals surface area contributed by atoms with Crippen LogP contribution < -0.4 is 4.90 Å². The Balaban J connectivity index is 1.20. The number of para-hydroxylation sites is 2. The van der Waals surface area contributed by atoms with E-state index >= 15 is 0 Å². The minimum atomic E-state index is -0.992. The van der Waals surface area contributed by atoms with Crippen molar-refractivity contribution in [2.75, 3.05) is 4.90 Å². The molecule has 1 amide bonds. The highest BCUT2D eigenvalue weighted by Crippen LogP contribution is 2.55. The van der Waals surface area contributed by atoms with Crippen LogP contribution in [0.1, 0.15) is 42.7 Å². The smallest absolute Gasteiger partial charge is 0.268 e. The summed E-state index contributed by atoms with van der Waals surface area (Å²) in [5, 5.41) is 19.0. The van der Waals surface area contributed by atoms with Crippen LogP contribution in [0.2, 0.25) is 0 Å². The lowest BCUT2D eigenvalue weighted by molar-refractivity contribution is -0.145. The van der Waals surface area contributed by atoms with Gasteiger partial charge in [-0.05, 0) is 36.6 Å². The lowest BCUT2D eigenvalue weighted by atomic mass is 9.83. The third-order valence-corrected chi connectivity index (χ3v) is 7.38. The fraction of sp³-hybridized carbons (Fsp3) is 0.276. The number of carbonyl (C=O) groups is 1. The zero-order chi connectivity index (χ0) is 24.7. The Labute approximate surface area is 209 Å². The first kappa shape index (κ1) is 22.6. The van der Waals surface area contributed by atoms with Gasteiger partial charge in [-0.3, -0.25) is 14.4 Å². The van der Waals surface area contributed by atoms with Gasteiger partial charge in [-0.25, -0.2) is 0 Å². The van der Waals surface area contributed by atoms with E-state index in [1.54, 1.807) is 15.8 Å². The van der Waals surface area contributed by atoms with Gasteiger partial charge in [0.15, 0.2) is 5.60 Å². The molecule has 6 rings (SSSR count). The number of aromatic nitrogens is 3. The zero-order valence-corrected chi connectivity index (χ0v) is 20.1. The van der Waals surface area contributed by atoms with Gasteiger partial charge < -0.3 is 9.84 Å². The number of nitrogens with zero attached hydrogens (tertiary/aromatic N) is 4. The van der Waals surface area contributed by atoms with Gasteiger partial charge in [0.25, 0.3) is 5.91 Å². The van der Waals surface area contributed by atoms with Crippen LogP contribution in [0.15, 0.2) is 91.1 Å². The van der Waals surface area contributed by atoms with Crippen molar-refractivity contribution in [2.45, 2.75) is 44.1 Å². The first-order valence-corrected chi connectivity index (χ1v) is 12.4. The molecule has 0 bridgehead atoms. The minimum Gasteiger partial charge on any atom is -0.382 e. The Hall–Kier alpha value is -3.81. The SMILES string of the molecule is C[C@H]1C[C@@H](CCn2cc([C@H](O)c3ccccc3)nn2)O[C@]12C(=O)N(c1ccccc1)c1ccccc12. The molecule has 1 saturated heterocycles. The van der Waals surface area contributed by atoms with Crippen LogP contribution in [-0.4, -0.2) is 32.1 Å². The molecule has 2 aliphatic heterocycles. The van der Waals surface area contributed by atoms with E-state index < -0.39 is 11.7 Å². The molecule has 1 fully saturated rings. The van der Waals surface area contributed by atoms with E-state index in [-0.39, 0.29) is 17.9 Å². The van der Waals surface area contributed by atoms with Gasteiger partial charge >= 0.3 is 0 Å². The van der Waals surface area contributed by atoms with Crippen molar-refractivity contribution >= 4 is 17.3 Å². The number of aliphatic hydroxyl groups is 1. The summed E-state index contributed by atoms with van der Waals surface area (Å²) in [6, 6.07) is 27.1. The summed E-state index contributed by atoms with van der Waals surface area (Å²) in [4.78, 5) is 15.8. The van der Waals surface area contributed by atoms with Crippen LogP contribution in [0.5, 0.6) is 0 Å². The van der Waals surface area contributed by atoms with E-state index in [4.69, 9.17) is 4.74 Å². The molecule has 7 nitrogen and oxygen atoms in total. The summed E-state index contributed by atoms with van der Waals surface area (Å²) in [7, 11) is 0. The second-order valence-corrected chi connectivity index (χ2v) is 9.61. The van der Waals surface area contributed by atoms with Gasteiger partial charge in [0.1, 0.15) is 11.8 Å². The molecule has 36 heavy (non-hydrogen) atoms. The number of carbonyl (C=O) groups excluding carboxylic acids is 1. The molecule has 4 aromatic rings. The maximum Gasteiger partial charge on any atom is 0.268 e. The number of aryl methyl sites for hydroxylation is 1. The van der Waals surface area contributed by atoms with Gasteiger partial charge in [0, 0.05) is 23.7 Å². The van der Waals surface area contributed by atoms with Crippen molar-refractivity contribution in [1.29, 1.82) is 0 Å². The van der Waals surface area contributed by atoms with Crippen LogP contribution in [0, 0.1) is 5.92 Å². The zero-order valence-electron chi connectivity index (χ0n) is 20.1. The molecule has 2 aliphatic rings. The first-order valence-electron chi connectivity index (χ1n) is 12.4. The summed E-state index contributed by atoms with van der Waals surface area (Å²) in [5.41, 5.74) is 2.96. The summed E-state index contributed by atoms with van der Waals surface area (Å²) in [6.07, 6.45) is 2.33. The van der Waals surface area contributed by atoms with Gasteiger partial charge in [0.2, 0.25) is 0 Å². The van der Waals surface area contributed by atoms with Gasteiger partial charge in [-0.1, -0.05) is 78.9 Å². The second-order valence-electron chi connectivity index (χ2n) is 9.61. The maximum atomic E-state index is 14.0. The number of rotatable bonds is 6. The second kappa shape index (κ2) is 9.00. The Morgan fingerprint density at radius 3 is 2.50 bits per heavy atom. The summed E-state index contributed by atoms with van der Waals surface area (Å²) < 4.78 is 8.39. The molecule has 0 radical (unpaired) electrons. The molecule has 0 saturated carbocycles. The highest BCUT2D eigenvalue weighted by atomic mass is 16.5. The summed E-state index contributed by atoms with van der Waals surface area (Å²) >= 11 is 0. The van der Waals surface area contributed by atoms with E-state index in [2.05, 4.69) is 17.2 Å². The fourth-order valence-corrected chi connectivity index (χ4v) is 5.59. The number of aliphatic hydroxyl groups excluding tert-OH is 1.